The first-order chi connectivity index (χ1) is 9.72. The van der Waals surface area contributed by atoms with E-state index in [0.29, 0.717) is 6.04 Å². The number of rotatable bonds is 6. The third-order valence-corrected chi connectivity index (χ3v) is 3.88. The molecule has 0 aliphatic carbocycles. The Labute approximate surface area is 129 Å². The van der Waals surface area contributed by atoms with Crippen molar-refractivity contribution in [2.45, 2.75) is 32.7 Å². The Hall–Kier alpha value is -1.19. The maximum atomic E-state index is 4.24. The van der Waals surface area contributed by atoms with E-state index in [1.54, 1.807) is 0 Å². The fourth-order valence-corrected chi connectivity index (χ4v) is 2.76. The molecule has 2 rings (SSSR count). The van der Waals surface area contributed by atoms with Gasteiger partial charge in [-0.2, -0.15) is 0 Å². The van der Waals surface area contributed by atoms with E-state index in [1.165, 1.54) is 16.7 Å². The lowest BCUT2D eigenvalue weighted by Gasteiger charge is -2.19. The monoisotopic (exact) mass is 332 g/mol. The second-order valence-corrected chi connectivity index (χ2v) is 5.84. The maximum Gasteiger partial charge on any atom is 0.0410 e. The molecular weight excluding hydrogens is 312 g/mol. The molecular formula is C17H21BrN2. The zero-order valence-electron chi connectivity index (χ0n) is 12.1. The van der Waals surface area contributed by atoms with Gasteiger partial charge in [-0.1, -0.05) is 38.1 Å². The summed E-state index contributed by atoms with van der Waals surface area (Å²) in [5.41, 5.74) is 3.96. The summed E-state index contributed by atoms with van der Waals surface area (Å²) < 4.78 is 1.03. The average Bonchev–Trinajstić information content (AvgIpc) is 2.47. The molecule has 0 fully saturated rings. The molecule has 2 aromatic rings. The van der Waals surface area contributed by atoms with Gasteiger partial charge in [0.2, 0.25) is 0 Å². The molecule has 0 spiro atoms. The third-order valence-electron chi connectivity index (χ3n) is 3.44. The van der Waals surface area contributed by atoms with E-state index in [2.05, 4.69) is 70.4 Å². The van der Waals surface area contributed by atoms with Gasteiger partial charge in [0, 0.05) is 22.9 Å². The Balaban J connectivity index is 2.17. The lowest BCUT2D eigenvalue weighted by atomic mass is 9.98. The van der Waals surface area contributed by atoms with Crippen LogP contribution in [-0.2, 0) is 12.8 Å². The van der Waals surface area contributed by atoms with E-state index in [9.17, 15) is 0 Å². The van der Waals surface area contributed by atoms with Crippen LogP contribution in [0.4, 0.5) is 0 Å². The second-order valence-electron chi connectivity index (χ2n) is 4.92. The zero-order valence-corrected chi connectivity index (χ0v) is 13.7. The predicted octanol–water partition coefficient (Wildman–Crippen LogP) is 4.30. The Morgan fingerprint density at radius 1 is 1.10 bits per heavy atom. The molecule has 0 radical (unpaired) electrons. The van der Waals surface area contributed by atoms with E-state index in [4.69, 9.17) is 0 Å². The summed E-state index contributed by atoms with van der Waals surface area (Å²) in [6.07, 6.45) is 5.80. The second kappa shape index (κ2) is 7.55. The minimum atomic E-state index is 0.335. The molecule has 1 aromatic carbocycles. The van der Waals surface area contributed by atoms with Crippen molar-refractivity contribution in [1.82, 2.24) is 10.3 Å². The minimum Gasteiger partial charge on any atom is -0.310 e. The summed E-state index contributed by atoms with van der Waals surface area (Å²) in [7, 11) is 0. The molecule has 20 heavy (non-hydrogen) atoms. The number of halogens is 1. The van der Waals surface area contributed by atoms with Crippen LogP contribution in [0, 0.1) is 0 Å². The SMILES string of the molecule is CCNC(Cc1cncc(Br)c1)c1ccc(CC)cc1. The van der Waals surface area contributed by atoms with Crippen LogP contribution in [0.1, 0.15) is 36.6 Å². The van der Waals surface area contributed by atoms with Crippen molar-refractivity contribution in [1.29, 1.82) is 0 Å². The summed E-state index contributed by atoms with van der Waals surface area (Å²) in [4.78, 5) is 4.24. The largest absolute Gasteiger partial charge is 0.310 e. The number of hydrogen-bond donors (Lipinski definition) is 1. The van der Waals surface area contributed by atoms with Gasteiger partial charge in [-0.3, -0.25) is 4.98 Å². The zero-order chi connectivity index (χ0) is 14.4. The molecule has 1 N–H and O–H groups in total. The van der Waals surface area contributed by atoms with Gasteiger partial charge < -0.3 is 5.32 Å². The van der Waals surface area contributed by atoms with Crippen molar-refractivity contribution >= 4 is 15.9 Å². The summed E-state index contributed by atoms with van der Waals surface area (Å²) in [5, 5.41) is 3.56. The van der Waals surface area contributed by atoms with Crippen molar-refractivity contribution in [2.24, 2.45) is 0 Å². The van der Waals surface area contributed by atoms with Crippen LogP contribution in [0.15, 0.2) is 47.2 Å². The summed E-state index contributed by atoms with van der Waals surface area (Å²) in [6, 6.07) is 11.4. The molecule has 1 atom stereocenters. The fourth-order valence-electron chi connectivity index (χ4n) is 2.34. The highest BCUT2D eigenvalue weighted by atomic mass is 79.9. The predicted molar refractivity (Wildman–Crippen MR) is 87.9 cm³/mol. The van der Waals surface area contributed by atoms with Gasteiger partial charge in [-0.15, -0.1) is 0 Å². The van der Waals surface area contributed by atoms with E-state index in [1.807, 2.05) is 12.4 Å². The topological polar surface area (TPSA) is 24.9 Å². The molecule has 0 bridgehead atoms. The molecule has 0 saturated carbocycles. The molecule has 2 nitrogen and oxygen atoms in total. The van der Waals surface area contributed by atoms with E-state index in [-0.39, 0.29) is 0 Å². The number of nitrogens with zero attached hydrogens (tertiary/aromatic N) is 1. The van der Waals surface area contributed by atoms with Crippen molar-refractivity contribution in [3.8, 4) is 0 Å². The summed E-state index contributed by atoms with van der Waals surface area (Å²) >= 11 is 3.48. The van der Waals surface area contributed by atoms with Crippen LogP contribution in [0.25, 0.3) is 0 Å². The smallest absolute Gasteiger partial charge is 0.0410 e. The van der Waals surface area contributed by atoms with Gasteiger partial charge in [-0.05, 0) is 58.1 Å². The number of likely N-dealkylation sites (N-methyl/N-ethyl adjacent to an activating group) is 1. The molecule has 1 heterocycles. The maximum absolute atomic E-state index is 4.24. The van der Waals surface area contributed by atoms with Gasteiger partial charge in [0.15, 0.2) is 0 Å². The highest BCUT2D eigenvalue weighted by Gasteiger charge is 2.11. The number of hydrogen-bond acceptors (Lipinski definition) is 2. The van der Waals surface area contributed by atoms with Crippen LogP contribution < -0.4 is 5.32 Å². The summed E-state index contributed by atoms with van der Waals surface area (Å²) in [5.74, 6) is 0. The van der Waals surface area contributed by atoms with Gasteiger partial charge in [-0.25, -0.2) is 0 Å². The van der Waals surface area contributed by atoms with Crippen LogP contribution in [0.5, 0.6) is 0 Å². The first-order valence-corrected chi connectivity index (χ1v) is 7.93. The normalized spacial score (nSPS) is 12.3. The first kappa shape index (κ1) is 15.2. The molecule has 3 heteroatoms. The van der Waals surface area contributed by atoms with Crippen LogP contribution in [-0.4, -0.2) is 11.5 Å². The Kier molecular flexibility index (Phi) is 5.74. The van der Waals surface area contributed by atoms with Gasteiger partial charge in [0.05, 0.1) is 0 Å². The van der Waals surface area contributed by atoms with E-state index in [0.717, 1.165) is 23.9 Å². The van der Waals surface area contributed by atoms with Crippen LogP contribution in [0.2, 0.25) is 0 Å². The van der Waals surface area contributed by atoms with Crippen molar-refractivity contribution in [3.63, 3.8) is 0 Å². The van der Waals surface area contributed by atoms with Gasteiger partial charge in [0.1, 0.15) is 0 Å². The van der Waals surface area contributed by atoms with E-state index < -0.39 is 0 Å². The fraction of sp³-hybridized carbons (Fsp3) is 0.353. The van der Waals surface area contributed by atoms with Gasteiger partial charge in [0.25, 0.3) is 0 Å². The lowest BCUT2D eigenvalue weighted by Crippen LogP contribution is -2.23. The van der Waals surface area contributed by atoms with Crippen LogP contribution in [0.3, 0.4) is 0 Å². The van der Waals surface area contributed by atoms with Gasteiger partial charge >= 0.3 is 0 Å². The molecule has 106 valence electrons. The van der Waals surface area contributed by atoms with Crippen LogP contribution >= 0.6 is 15.9 Å². The Bertz CT molecular complexity index is 537. The highest BCUT2D eigenvalue weighted by Crippen LogP contribution is 2.20. The quantitative estimate of drug-likeness (QED) is 0.853. The number of pyridine rings is 1. The van der Waals surface area contributed by atoms with E-state index >= 15 is 0 Å². The minimum absolute atomic E-state index is 0.335. The third kappa shape index (κ3) is 4.15. The standard InChI is InChI=1S/C17H21BrN2/c1-3-13-5-7-15(8-6-13)17(20-4-2)10-14-9-16(18)12-19-11-14/h5-9,11-12,17,20H,3-4,10H2,1-2H3. The lowest BCUT2D eigenvalue weighted by molar-refractivity contribution is 0.549. The molecule has 0 amide bonds. The highest BCUT2D eigenvalue weighted by molar-refractivity contribution is 9.10. The molecule has 1 aromatic heterocycles. The Morgan fingerprint density at radius 3 is 2.45 bits per heavy atom. The number of nitrogens with one attached hydrogen (secondary N) is 1. The molecule has 1 unspecified atom stereocenters. The van der Waals surface area contributed by atoms with Crippen molar-refractivity contribution < 1.29 is 0 Å². The molecule has 0 aliphatic heterocycles. The number of aryl methyl sites for hydroxylation is 1. The molecule has 0 saturated heterocycles. The number of aromatic nitrogens is 1. The summed E-state index contributed by atoms with van der Waals surface area (Å²) in [6.45, 7) is 5.29. The van der Waals surface area contributed by atoms with Crippen molar-refractivity contribution in [2.75, 3.05) is 6.54 Å². The average molecular weight is 333 g/mol. The number of benzene rings is 1. The van der Waals surface area contributed by atoms with Crippen molar-refractivity contribution in [3.05, 3.63) is 63.9 Å². The first-order valence-electron chi connectivity index (χ1n) is 7.14. The Morgan fingerprint density at radius 2 is 1.85 bits per heavy atom. The molecule has 0 aliphatic rings.